The van der Waals surface area contributed by atoms with E-state index in [1.54, 1.807) is 7.11 Å². The smallest absolute Gasteiger partial charge is 0.101 e. The highest BCUT2D eigenvalue weighted by molar-refractivity contribution is 5.61. The molecule has 0 saturated carbocycles. The van der Waals surface area contributed by atoms with Crippen LogP contribution in [0.15, 0.2) is 29.8 Å². The van der Waals surface area contributed by atoms with Crippen LogP contribution < -0.4 is 4.90 Å². The molecule has 0 radical (unpaired) electrons. The van der Waals surface area contributed by atoms with Crippen LogP contribution in [0.3, 0.4) is 0 Å². The Kier molecular flexibility index (Phi) is 4.01. The van der Waals surface area contributed by atoms with Crippen LogP contribution >= 0.6 is 0 Å². The summed E-state index contributed by atoms with van der Waals surface area (Å²) in [5, 5.41) is 9.16. The monoisotopic (exact) mass is 242 g/mol. The van der Waals surface area contributed by atoms with Gasteiger partial charge in [0.1, 0.15) is 6.07 Å². The minimum absolute atomic E-state index is 0.715. The lowest BCUT2D eigenvalue weighted by Gasteiger charge is -2.29. The van der Waals surface area contributed by atoms with E-state index < -0.39 is 0 Å². The number of rotatable bonds is 3. The minimum atomic E-state index is 0.715. The molecule has 94 valence electrons. The molecule has 0 unspecified atom stereocenters. The standard InChI is InChI=1S/C15H18N2O/c1-12-3-4-14(10-16)15(9-12)17-7-5-13(6-8-17)11-18-2/h3-5,9H,6-8,11H2,1-2H3. The van der Waals surface area contributed by atoms with E-state index in [2.05, 4.69) is 30.0 Å². The first-order valence-corrected chi connectivity index (χ1v) is 6.17. The van der Waals surface area contributed by atoms with Gasteiger partial charge in [-0.05, 0) is 36.6 Å². The largest absolute Gasteiger partial charge is 0.380 e. The van der Waals surface area contributed by atoms with Crippen molar-refractivity contribution in [2.24, 2.45) is 0 Å². The highest BCUT2D eigenvalue weighted by atomic mass is 16.5. The third-order valence-electron chi connectivity index (χ3n) is 3.25. The van der Waals surface area contributed by atoms with Crippen molar-refractivity contribution >= 4 is 5.69 Å². The lowest BCUT2D eigenvalue weighted by Crippen LogP contribution is -2.30. The molecule has 1 aliphatic rings. The SMILES string of the molecule is COCC1=CCN(c2cc(C)ccc2C#N)CC1. The fourth-order valence-corrected chi connectivity index (χ4v) is 2.24. The van der Waals surface area contributed by atoms with Crippen molar-refractivity contribution in [3.8, 4) is 6.07 Å². The van der Waals surface area contributed by atoms with E-state index in [-0.39, 0.29) is 0 Å². The molecule has 0 bridgehead atoms. The Labute approximate surface area is 108 Å². The van der Waals surface area contributed by atoms with Crippen molar-refractivity contribution in [3.05, 3.63) is 41.0 Å². The second kappa shape index (κ2) is 5.70. The van der Waals surface area contributed by atoms with Gasteiger partial charge in [0.2, 0.25) is 0 Å². The van der Waals surface area contributed by atoms with Crippen LogP contribution in [-0.2, 0) is 4.74 Å². The van der Waals surface area contributed by atoms with Crippen molar-refractivity contribution in [3.63, 3.8) is 0 Å². The van der Waals surface area contributed by atoms with E-state index >= 15 is 0 Å². The predicted octanol–water partition coefficient (Wildman–Crippen LogP) is 2.65. The van der Waals surface area contributed by atoms with E-state index in [4.69, 9.17) is 10.00 Å². The summed E-state index contributed by atoms with van der Waals surface area (Å²) in [6, 6.07) is 8.25. The molecule has 2 rings (SSSR count). The second-order valence-corrected chi connectivity index (χ2v) is 4.62. The molecule has 3 nitrogen and oxygen atoms in total. The summed E-state index contributed by atoms with van der Waals surface area (Å²) in [7, 11) is 1.72. The summed E-state index contributed by atoms with van der Waals surface area (Å²) in [5.41, 5.74) is 4.34. The molecule has 0 saturated heterocycles. The highest BCUT2D eigenvalue weighted by Crippen LogP contribution is 2.24. The van der Waals surface area contributed by atoms with Gasteiger partial charge in [-0.25, -0.2) is 0 Å². The van der Waals surface area contributed by atoms with E-state index in [0.29, 0.717) is 6.61 Å². The molecule has 18 heavy (non-hydrogen) atoms. The molecule has 3 heteroatoms. The molecule has 0 aromatic heterocycles. The van der Waals surface area contributed by atoms with Crippen LogP contribution in [0.1, 0.15) is 17.5 Å². The van der Waals surface area contributed by atoms with Gasteiger partial charge in [-0.15, -0.1) is 0 Å². The van der Waals surface area contributed by atoms with Crippen LogP contribution in [0.2, 0.25) is 0 Å². The van der Waals surface area contributed by atoms with Crippen molar-refractivity contribution in [1.82, 2.24) is 0 Å². The lowest BCUT2D eigenvalue weighted by molar-refractivity contribution is 0.222. The van der Waals surface area contributed by atoms with Crippen LogP contribution in [0, 0.1) is 18.3 Å². The van der Waals surface area contributed by atoms with Gasteiger partial charge >= 0.3 is 0 Å². The average molecular weight is 242 g/mol. The Morgan fingerprint density at radius 2 is 2.28 bits per heavy atom. The average Bonchev–Trinajstić information content (AvgIpc) is 2.40. The summed E-state index contributed by atoms with van der Waals surface area (Å²) in [4.78, 5) is 2.25. The van der Waals surface area contributed by atoms with Gasteiger partial charge in [0.25, 0.3) is 0 Å². The summed E-state index contributed by atoms with van der Waals surface area (Å²) in [6.07, 6.45) is 3.21. The Morgan fingerprint density at radius 1 is 1.44 bits per heavy atom. The number of anilines is 1. The van der Waals surface area contributed by atoms with E-state index in [0.717, 1.165) is 30.8 Å². The quantitative estimate of drug-likeness (QED) is 0.764. The Balaban J connectivity index is 2.19. The number of nitrogens with zero attached hydrogens (tertiary/aromatic N) is 2. The number of nitriles is 1. The zero-order valence-electron chi connectivity index (χ0n) is 10.9. The van der Waals surface area contributed by atoms with Crippen molar-refractivity contribution < 1.29 is 4.74 Å². The van der Waals surface area contributed by atoms with Gasteiger partial charge in [-0.2, -0.15) is 5.26 Å². The third kappa shape index (κ3) is 2.72. The molecule has 0 fully saturated rings. The topological polar surface area (TPSA) is 36.3 Å². The zero-order chi connectivity index (χ0) is 13.0. The van der Waals surface area contributed by atoms with E-state index in [1.807, 2.05) is 12.1 Å². The fourth-order valence-electron chi connectivity index (χ4n) is 2.24. The molecule has 1 heterocycles. The van der Waals surface area contributed by atoms with Gasteiger partial charge in [0.05, 0.1) is 17.9 Å². The zero-order valence-corrected chi connectivity index (χ0v) is 10.9. The van der Waals surface area contributed by atoms with Gasteiger partial charge in [0.15, 0.2) is 0 Å². The van der Waals surface area contributed by atoms with Crippen LogP contribution in [0.5, 0.6) is 0 Å². The predicted molar refractivity (Wildman–Crippen MR) is 72.7 cm³/mol. The van der Waals surface area contributed by atoms with Crippen molar-refractivity contribution in [2.75, 3.05) is 31.7 Å². The Bertz CT molecular complexity index is 500. The molecule has 0 amide bonds. The summed E-state index contributed by atoms with van der Waals surface area (Å²) in [6.45, 7) is 4.58. The number of methoxy groups -OCH3 is 1. The maximum Gasteiger partial charge on any atom is 0.101 e. The van der Waals surface area contributed by atoms with Crippen LogP contribution in [-0.4, -0.2) is 26.8 Å². The number of benzene rings is 1. The van der Waals surface area contributed by atoms with Gasteiger partial charge in [-0.1, -0.05) is 12.1 Å². The molecule has 1 aromatic carbocycles. The molecular weight excluding hydrogens is 224 g/mol. The summed E-state index contributed by atoms with van der Waals surface area (Å²) < 4.78 is 5.15. The first kappa shape index (κ1) is 12.7. The van der Waals surface area contributed by atoms with Crippen LogP contribution in [0.25, 0.3) is 0 Å². The van der Waals surface area contributed by atoms with E-state index in [9.17, 15) is 0 Å². The molecule has 1 aliphatic heterocycles. The van der Waals surface area contributed by atoms with Crippen molar-refractivity contribution in [2.45, 2.75) is 13.3 Å². The number of aryl methyl sites for hydroxylation is 1. The Morgan fingerprint density at radius 3 is 2.89 bits per heavy atom. The molecular formula is C15H18N2O. The number of hydrogen-bond donors (Lipinski definition) is 0. The molecule has 0 spiro atoms. The number of ether oxygens (including phenoxy) is 1. The number of hydrogen-bond acceptors (Lipinski definition) is 3. The van der Waals surface area contributed by atoms with Crippen LogP contribution in [0.4, 0.5) is 5.69 Å². The Hall–Kier alpha value is -1.79. The normalized spacial score (nSPS) is 15.2. The highest BCUT2D eigenvalue weighted by Gasteiger charge is 2.15. The van der Waals surface area contributed by atoms with E-state index in [1.165, 1.54) is 11.1 Å². The summed E-state index contributed by atoms with van der Waals surface area (Å²) in [5.74, 6) is 0. The third-order valence-corrected chi connectivity index (χ3v) is 3.25. The van der Waals surface area contributed by atoms with Gasteiger partial charge < -0.3 is 9.64 Å². The first-order chi connectivity index (χ1) is 8.74. The molecule has 0 atom stereocenters. The lowest BCUT2D eigenvalue weighted by atomic mass is 10.1. The van der Waals surface area contributed by atoms with Crippen molar-refractivity contribution in [1.29, 1.82) is 5.26 Å². The fraction of sp³-hybridized carbons (Fsp3) is 0.400. The summed E-state index contributed by atoms with van der Waals surface area (Å²) >= 11 is 0. The maximum absolute atomic E-state index is 9.16. The molecule has 1 aromatic rings. The second-order valence-electron chi connectivity index (χ2n) is 4.62. The minimum Gasteiger partial charge on any atom is -0.380 e. The first-order valence-electron chi connectivity index (χ1n) is 6.17. The maximum atomic E-state index is 9.16. The van der Waals surface area contributed by atoms with Gasteiger partial charge in [0, 0.05) is 20.2 Å². The molecule has 0 N–H and O–H groups in total. The van der Waals surface area contributed by atoms with Gasteiger partial charge in [-0.3, -0.25) is 0 Å². The molecule has 0 aliphatic carbocycles.